The molecule has 3 rings (SSSR count). The van der Waals surface area contributed by atoms with Gasteiger partial charge in [0.15, 0.2) is 0 Å². The summed E-state index contributed by atoms with van der Waals surface area (Å²) in [5.74, 6) is 1.21. The molecule has 2 aromatic rings. The Balaban J connectivity index is 1.53. The maximum Gasteiger partial charge on any atom is 0.330 e. The van der Waals surface area contributed by atoms with Gasteiger partial charge in [-0.05, 0) is 91.7 Å². The summed E-state index contributed by atoms with van der Waals surface area (Å²) >= 11 is 0. The summed E-state index contributed by atoms with van der Waals surface area (Å²) in [5.41, 5.74) is 2.79. The molecule has 2 aromatic carbocycles. The third kappa shape index (κ3) is 8.23. The molecule has 2 unspecified atom stereocenters. The quantitative estimate of drug-likeness (QED) is 0.196. The minimum Gasteiger partial charge on any atom is -0.490 e. The lowest BCUT2D eigenvalue weighted by atomic mass is 9.60. The van der Waals surface area contributed by atoms with E-state index in [1.165, 1.54) is 11.1 Å². The highest BCUT2D eigenvalue weighted by atomic mass is 16.6. The fourth-order valence-corrected chi connectivity index (χ4v) is 5.44. The second-order valence-corrected chi connectivity index (χ2v) is 11.6. The van der Waals surface area contributed by atoms with Crippen molar-refractivity contribution in [3.8, 4) is 11.5 Å². The van der Waals surface area contributed by atoms with Crippen LogP contribution >= 0.6 is 0 Å². The third-order valence-electron chi connectivity index (χ3n) is 8.19. The predicted octanol–water partition coefficient (Wildman–Crippen LogP) is 7.11. The first-order valence-electron chi connectivity index (χ1n) is 14.1. The molecule has 0 radical (unpaired) electrons. The Labute approximate surface area is 239 Å². The van der Waals surface area contributed by atoms with Crippen LogP contribution in [0.2, 0.25) is 0 Å². The normalized spacial score (nSPS) is 20.5. The van der Waals surface area contributed by atoms with E-state index in [0.717, 1.165) is 49.3 Å². The largest absolute Gasteiger partial charge is 0.490 e. The van der Waals surface area contributed by atoms with Gasteiger partial charge < -0.3 is 18.9 Å². The Bertz CT molecular complexity index is 1140. The number of esters is 2. The van der Waals surface area contributed by atoms with Crippen molar-refractivity contribution in [2.75, 3.05) is 13.2 Å². The molecule has 216 valence electrons. The van der Waals surface area contributed by atoms with Crippen molar-refractivity contribution in [1.29, 1.82) is 0 Å². The number of benzene rings is 2. The highest BCUT2D eigenvalue weighted by molar-refractivity contribution is 5.81. The maximum absolute atomic E-state index is 11.3. The molecule has 0 bridgehead atoms. The molecule has 6 nitrogen and oxygen atoms in total. The molecule has 0 aromatic heterocycles. The van der Waals surface area contributed by atoms with Gasteiger partial charge in [0.2, 0.25) is 0 Å². The third-order valence-corrected chi connectivity index (χ3v) is 8.19. The van der Waals surface area contributed by atoms with Gasteiger partial charge in [0.05, 0.1) is 0 Å². The molecule has 0 spiro atoms. The minimum absolute atomic E-state index is 0.0361. The van der Waals surface area contributed by atoms with Crippen molar-refractivity contribution in [3.63, 3.8) is 0 Å². The van der Waals surface area contributed by atoms with Crippen LogP contribution in [0.1, 0.15) is 71.4 Å². The van der Waals surface area contributed by atoms with E-state index >= 15 is 0 Å². The summed E-state index contributed by atoms with van der Waals surface area (Å²) in [6.07, 6.45) is 6.27. The summed E-state index contributed by atoms with van der Waals surface area (Å²) in [4.78, 5) is 22.6. The van der Waals surface area contributed by atoms with E-state index in [1.807, 2.05) is 31.2 Å². The monoisotopic (exact) mass is 548 g/mol. The molecule has 1 aliphatic carbocycles. The average molecular weight is 549 g/mol. The summed E-state index contributed by atoms with van der Waals surface area (Å²) in [5, 5.41) is 0. The molecule has 1 saturated carbocycles. The second kappa shape index (κ2) is 13.7. The smallest absolute Gasteiger partial charge is 0.330 e. The molecule has 0 aliphatic heterocycles. The van der Waals surface area contributed by atoms with Crippen LogP contribution in [-0.2, 0) is 29.9 Å². The van der Waals surface area contributed by atoms with Gasteiger partial charge in [0.1, 0.15) is 36.9 Å². The zero-order valence-corrected chi connectivity index (χ0v) is 24.6. The topological polar surface area (TPSA) is 71.1 Å². The van der Waals surface area contributed by atoms with Crippen LogP contribution in [-0.4, -0.2) is 37.4 Å². The van der Waals surface area contributed by atoms with Crippen LogP contribution in [0.15, 0.2) is 73.8 Å². The minimum atomic E-state index is -0.447. The average Bonchev–Trinajstić information content (AvgIpc) is 2.95. The SMILES string of the molecule is C=CC(=O)OCC(C)Oc1ccc(C(C)(C)C2CCC(C)(c3ccc(OCC(C)OC(=O)C=C)cc3)CC2)cc1. The summed E-state index contributed by atoms with van der Waals surface area (Å²) in [6.45, 7) is 18.0. The van der Waals surface area contributed by atoms with E-state index in [2.05, 4.69) is 58.2 Å². The van der Waals surface area contributed by atoms with Crippen molar-refractivity contribution in [1.82, 2.24) is 0 Å². The van der Waals surface area contributed by atoms with Crippen molar-refractivity contribution in [3.05, 3.63) is 85.0 Å². The summed E-state index contributed by atoms with van der Waals surface area (Å²) in [6, 6.07) is 16.7. The molecule has 1 aliphatic rings. The van der Waals surface area contributed by atoms with Crippen LogP contribution in [0.3, 0.4) is 0 Å². The molecule has 40 heavy (non-hydrogen) atoms. The molecule has 0 saturated heterocycles. The van der Waals surface area contributed by atoms with Gasteiger partial charge in [-0.1, -0.05) is 58.2 Å². The fraction of sp³-hybridized carbons (Fsp3) is 0.471. The first-order valence-corrected chi connectivity index (χ1v) is 14.1. The van der Waals surface area contributed by atoms with E-state index in [4.69, 9.17) is 18.9 Å². The Morgan fingerprint density at radius 3 is 2.05 bits per heavy atom. The lowest BCUT2D eigenvalue weighted by molar-refractivity contribution is -0.143. The predicted molar refractivity (Wildman–Crippen MR) is 158 cm³/mol. The number of rotatable bonds is 13. The highest BCUT2D eigenvalue weighted by Gasteiger charge is 2.39. The molecule has 2 atom stereocenters. The van der Waals surface area contributed by atoms with Crippen molar-refractivity contribution in [2.45, 2.75) is 83.3 Å². The Morgan fingerprint density at radius 2 is 1.48 bits per heavy atom. The zero-order valence-electron chi connectivity index (χ0n) is 24.6. The lowest BCUT2D eigenvalue weighted by Gasteiger charge is -2.44. The number of carbonyl (C=O) groups is 2. The molecular formula is C34H44O6. The number of hydrogen-bond donors (Lipinski definition) is 0. The highest BCUT2D eigenvalue weighted by Crippen LogP contribution is 2.48. The molecule has 6 heteroatoms. The van der Waals surface area contributed by atoms with Crippen LogP contribution in [0.4, 0.5) is 0 Å². The van der Waals surface area contributed by atoms with Gasteiger partial charge >= 0.3 is 11.9 Å². The Kier molecular flexibility index (Phi) is 10.6. The van der Waals surface area contributed by atoms with Gasteiger partial charge in [-0.15, -0.1) is 0 Å². The van der Waals surface area contributed by atoms with Gasteiger partial charge in [0, 0.05) is 12.2 Å². The second-order valence-electron chi connectivity index (χ2n) is 11.6. The van der Waals surface area contributed by atoms with E-state index in [9.17, 15) is 9.59 Å². The summed E-state index contributed by atoms with van der Waals surface area (Å²) < 4.78 is 21.9. The molecule has 0 heterocycles. The molecule has 1 fully saturated rings. The Morgan fingerprint density at radius 1 is 0.900 bits per heavy atom. The maximum atomic E-state index is 11.3. The van der Waals surface area contributed by atoms with Crippen molar-refractivity contribution >= 4 is 11.9 Å². The van der Waals surface area contributed by atoms with Crippen molar-refractivity contribution in [2.24, 2.45) is 5.92 Å². The van der Waals surface area contributed by atoms with E-state index < -0.39 is 11.9 Å². The number of ether oxygens (including phenoxy) is 4. The first kappa shape index (κ1) is 31.0. The Hall–Kier alpha value is -3.54. The van der Waals surface area contributed by atoms with Gasteiger partial charge in [-0.25, -0.2) is 9.59 Å². The molecule has 0 amide bonds. The van der Waals surface area contributed by atoms with E-state index in [0.29, 0.717) is 12.5 Å². The van der Waals surface area contributed by atoms with Gasteiger partial charge in [0.25, 0.3) is 0 Å². The van der Waals surface area contributed by atoms with Crippen LogP contribution in [0, 0.1) is 5.92 Å². The van der Waals surface area contributed by atoms with E-state index in [-0.39, 0.29) is 29.6 Å². The van der Waals surface area contributed by atoms with E-state index in [1.54, 1.807) is 6.92 Å². The number of carbonyl (C=O) groups excluding carboxylic acids is 2. The zero-order chi connectivity index (χ0) is 29.3. The van der Waals surface area contributed by atoms with Crippen LogP contribution in [0.25, 0.3) is 0 Å². The standard InChI is InChI=1S/C34H44O6/c1-8-31(35)38-23-24(3)39-30-16-10-26(11-17-30)33(5,6)27-18-20-34(7,21-19-27)28-12-14-29(15-13-28)37-22-25(4)40-32(36)9-2/h8-17,24-25,27H,1-2,18-23H2,3-7H3. The van der Waals surface area contributed by atoms with Crippen LogP contribution < -0.4 is 9.47 Å². The van der Waals surface area contributed by atoms with Gasteiger partial charge in [-0.3, -0.25) is 0 Å². The fourth-order valence-electron chi connectivity index (χ4n) is 5.44. The molecule has 0 N–H and O–H groups in total. The van der Waals surface area contributed by atoms with Gasteiger partial charge in [-0.2, -0.15) is 0 Å². The van der Waals surface area contributed by atoms with Crippen LogP contribution in [0.5, 0.6) is 11.5 Å². The first-order chi connectivity index (χ1) is 19.0. The lowest BCUT2D eigenvalue weighted by Crippen LogP contribution is -2.37. The molecular weight excluding hydrogens is 504 g/mol. The number of hydrogen-bond acceptors (Lipinski definition) is 6. The van der Waals surface area contributed by atoms with Crippen molar-refractivity contribution < 1.29 is 28.5 Å². The summed E-state index contributed by atoms with van der Waals surface area (Å²) in [7, 11) is 0.